The summed E-state index contributed by atoms with van der Waals surface area (Å²) >= 11 is 7.00. The molecule has 0 bridgehead atoms. The molecule has 1 aromatic heterocycles. The van der Waals surface area contributed by atoms with Crippen LogP contribution in [0.2, 0.25) is 4.34 Å². The van der Waals surface area contributed by atoms with Crippen molar-refractivity contribution in [2.45, 2.75) is 6.18 Å². The van der Waals surface area contributed by atoms with Crippen molar-refractivity contribution in [3.63, 3.8) is 0 Å². The van der Waals surface area contributed by atoms with E-state index in [-0.39, 0.29) is 37.6 Å². The van der Waals surface area contributed by atoms with E-state index < -0.39 is 17.6 Å². The van der Waals surface area contributed by atoms with Crippen molar-refractivity contribution in [3.8, 4) is 0 Å². The second-order valence-electron chi connectivity index (χ2n) is 5.73. The first-order valence-electron chi connectivity index (χ1n) is 7.77. The van der Waals surface area contributed by atoms with Gasteiger partial charge in [0, 0.05) is 26.2 Å². The number of carbonyl (C=O) groups is 2. The number of alkyl halides is 3. The van der Waals surface area contributed by atoms with Crippen molar-refractivity contribution in [1.82, 2.24) is 9.80 Å². The van der Waals surface area contributed by atoms with E-state index in [1.165, 1.54) is 34.4 Å². The maximum Gasteiger partial charge on any atom is 0.417 e. The third-order valence-corrected chi connectivity index (χ3v) is 5.32. The lowest BCUT2D eigenvalue weighted by Crippen LogP contribution is -2.50. The highest BCUT2D eigenvalue weighted by molar-refractivity contribution is 7.17. The van der Waals surface area contributed by atoms with E-state index in [2.05, 4.69) is 0 Å². The van der Waals surface area contributed by atoms with Crippen LogP contribution < -0.4 is 0 Å². The average Bonchev–Trinajstić information content (AvgIpc) is 3.06. The van der Waals surface area contributed by atoms with E-state index in [1.807, 2.05) is 0 Å². The highest BCUT2D eigenvalue weighted by Crippen LogP contribution is 2.32. The minimum Gasteiger partial charge on any atom is -0.335 e. The quantitative estimate of drug-likeness (QED) is 0.761. The standard InChI is InChI=1S/C17H14ClF3N2O2S/c18-14-6-5-13(26-14)16(25)23-9-7-22(8-10-23)15(24)11-3-1-2-4-12(11)17(19,20)21/h1-6H,7-10H2. The molecule has 0 unspecified atom stereocenters. The second kappa shape index (κ2) is 7.28. The lowest BCUT2D eigenvalue weighted by atomic mass is 10.1. The van der Waals surface area contributed by atoms with Crippen LogP contribution in [0.4, 0.5) is 13.2 Å². The van der Waals surface area contributed by atoms with Gasteiger partial charge in [-0.3, -0.25) is 9.59 Å². The van der Waals surface area contributed by atoms with Crippen LogP contribution in [-0.2, 0) is 6.18 Å². The van der Waals surface area contributed by atoms with E-state index in [1.54, 1.807) is 17.0 Å². The third-order valence-electron chi connectivity index (χ3n) is 4.10. The third kappa shape index (κ3) is 3.86. The molecule has 0 spiro atoms. The molecule has 2 aromatic rings. The minimum absolute atomic E-state index is 0.176. The van der Waals surface area contributed by atoms with Crippen LogP contribution in [0.3, 0.4) is 0 Å². The van der Waals surface area contributed by atoms with Crippen LogP contribution in [0.25, 0.3) is 0 Å². The number of thiophene rings is 1. The zero-order chi connectivity index (χ0) is 18.9. The Hall–Kier alpha value is -2.06. The monoisotopic (exact) mass is 402 g/mol. The second-order valence-corrected chi connectivity index (χ2v) is 7.45. The average molecular weight is 403 g/mol. The molecule has 2 heterocycles. The summed E-state index contributed by atoms with van der Waals surface area (Å²) in [6.45, 7) is 0.869. The lowest BCUT2D eigenvalue weighted by Gasteiger charge is -2.35. The molecule has 0 N–H and O–H groups in total. The van der Waals surface area contributed by atoms with Gasteiger partial charge in [0.15, 0.2) is 0 Å². The fourth-order valence-electron chi connectivity index (χ4n) is 2.78. The van der Waals surface area contributed by atoms with E-state index in [9.17, 15) is 22.8 Å². The SMILES string of the molecule is O=C(c1ccc(Cl)s1)N1CCN(C(=O)c2ccccc2C(F)(F)F)CC1. The summed E-state index contributed by atoms with van der Waals surface area (Å²) in [7, 11) is 0. The summed E-state index contributed by atoms with van der Waals surface area (Å²) in [4.78, 5) is 28.3. The van der Waals surface area contributed by atoms with Crippen molar-refractivity contribution >= 4 is 34.8 Å². The molecule has 0 atom stereocenters. The zero-order valence-corrected chi connectivity index (χ0v) is 15.0. The number of carbonyl (C=O) groups excluding carboxylic acids is 2. The molecule has 1 aromatic carbocycles. The fraction of sp³-hybridized carbons (Fsp3) is 0.294. The van der Waals surface area contributed by atoms with Gasteiger partial charge in [0.25, 0.3) is 11.8 Å². The predicted octanol–water partition coefficient (Wildman–Crippen LogP) is 4.02. The van der Waals surface area contributed by atoms with E-state index in [0.29, 0.717) is 9.21 Å². The number of halogens is 4. The number of rotatable bonds is 2. The Bertz CT molecular complexity index is 829. The number of piperazine rings is 1. The molecule has 2 amide bonds. The molecule has 0 aliphatic carbocycles. The molecule has 1 aliphatic heterocycles. The van der Waals surface area contributed by atoms with Crippen LogP contribution in [0.15, 0.2) is 36.4 Å². The van der Waals surface area contributed by atoms with Crippen molar-refractivity contribution < 1.29 is 22.8 Å². The number of amides is 2. The summed E-state index contributed by atoms with van der Waals surface area (Å²) in [5.41, 5.74) is -1.32. The Balaban J connectivity index is 1.69. The normalized spacial score (nSPS) is 15.2. The van der Waals surface area contributed by atoms with Crippen LogP contribution in [0, 0.1) is 0 Å². The Morgan fingerprint density at radius 2 is 1.50 bits per heavy atom. The maximum atomic E-state index is 13.1. The fourth-order valence-corrected chi connectivity index (χ4v) is 3.80. The Labute approximate surface area is 156 Å². The molecule has 1 aliphatic rings. The molecule has 9 heteroatoms. The van der Waals surface area contributed by atoms with Crippen LogP contribution in [0.1, 0.15) is 25.6 Å². The van der Waals surface area contributed by atoms with E-state index >= 15 is 0 Å². The van der Waals surface area contributed by atoms with Gasteiger partial charge in [0.2, 0.25) is 0 Å². The summed E-state index contributed by atoms with van der Waals surface area (Å²) in [5, 5.41) is 0. The highest BCUT2D eigenvalue weighted by atomic mass is 35.5. The van der Waals surface area contributed by atoms with Crippen LogP contribution in [-0.4, -0.2) is 47.8 Å². The summed E-state index contributed by atoms with van der Waals surface area (Å²) in [5.74, 6) is -0.867. The van der Waals surface area contributed by atoms with Crippen molar-refractivity contribution in [2.75, 3.05) is 26.2 Å². The maximum absolute atomic E-state index is 13.1. The zero-order valence-electron chi connectivity index (χ0n) is 13.4. The van der Waals surface area contributed by atoms with Gasteiger partial charge < -0.3 is 9.80 Å². The predicted molar refractivity (Wildman–Crippen MR) is 92.6 cm³/mol. The minimum atomic E-state index is -4.59. The Morgan fingerprint density at radius 1 is 0.923 bits per heavy atom. The van der Waals surface area contributed by atoms with Crippen molar-refractivity contribution in [2.24, 2.45) is 0 Å². The Kier molecular flexibility index (Phi) is 5.24. The van der Waals surface area contributed by atoms with E-state index in [0.717, 1.165) is 6.07 Å². The molecule has 1 fully saturated rings. The molecular weight excluding hydrogens is 389 g/mol. The molecule has 1 saturated heterocycles. The molecule has 0 radical (unpaired) electrons. The van der Waals surface area contributed by atoms with Gasteiger partial charge >= 0.3 is 6.18 Å². The van der Waals surface area contributed by atoms with Gasteiger partial charge in [-0.25, -0.2) is 0 Å². The van der Waals surface area contributed by atoms with Gasteiger partial charge in [0.1, 0.15) is 0 Å². The smallest absolute Gasteiger partial charge is 0.335 e. The topological polar surface area (TPSA) is 40.6 Å². The van der Waals surface area contributed by atoms with Gasteiger partial charge in [-0.05, 0) is 24.3 Å². The largest absolute Gasteiger partial charge is 0.417 e. The van der Waals surface area contributed by atoms with Gasteiger partial charge in [-0.15, -0.1) is 11.3 Å². The Morgan fingerprint density at radius 3 is 2.04 bits per heavy atom. The van der Waals surface area contributed by atoms with Crippen molar-refractivity contribution in [1.29, 1.82) is 0 Å². The van der Waals surface area contributed by atoms with Gasteiger partial charge in [-0.2, -0.15) is 13.2 Å². The summed E-state index contributed by atoms with van der Waals surface area (Å²) < 4.78 is 39.8. The van der Waals surface area contributed by atoms with E-state index in [4.69, 9.17) is 11.6 Å². The first-order valence-corrected chi connectivity index (χ1v) is 8.97. The van der Waals surface area contributed by atoms with Gasteiger partial charge in [0.05, 0.1) is 20.3 Å². The van der Waals surface area contributed by atoms with Crippen LogP contribution >= 0.6 is 22.9 Å². The van der Waals surface area contributed by atoms with Crippen LogP contribution in [0.5, 0.6) is 0 Å². The highest BCUT2D eigenvalue weighted by Gasteiger charge is 2.36. The molecule has 4 nitrogen and oxygen atoms in total. The van der Waals surface area contributed by atoms with Crippen molar-refractivity contribution in [3.05, 3.63) is 56.7 Å². The van der Waals surface area contributed by atoms with Gasteiger partial charge in [-0.1, -0.05) is 23.7 Å². The number of nitrogens with zero attached hydrogens (tertiary/aromatic N) is 2. The first-order chi connectivity index (χ1) is 12.3. The number of hydrogen-bond acceptors (Lipinski definition) is 3. The molecule has 0 saturated carbocycles. The number of benzene rings is 1. The molecular formula is C17H14ClF3N2O2S. The summed E-state index contributed by atoms with van der Waals surface area (Å²) in [6.07, 6.45) is -4.59. The summed E-state index contributed by atoms with van der Waals surface area (Å²) in [6, 6.07) is 7.99. The molecule has 138 valence electrons. The molecule has 3 rings (SSSR count). The lowest BCUT2D eigenvalue weighted by molar-refractivity contribution is -0.138. The number of hydrogen-bond donors (Lipinski definition) is 0. The molecule has 26 heavy (non-hydrogen) atoms. The first kappa shape index (κ1) is 18.7.